The van der Waals surface area contributed by atoms with Crippen LogP contribution in [0.5, 0.6) is 11.5 Å². The molecule has 1 aliphatic heterocycles. The molecule has 0 unspecified atom stereocenters. The SMILES string of the molecule is O=c1c(Oc2ccc(-c3ccc(F)cc3)cc2)c(N2C=C(CBr)NN2)cnn1-c1ccc(Cl)cc1. The number of alkyl halides is 1. The molecule has 176 valence electrons. The summed E-state index contributed by atoms with van der Waals surface area (Å²) in [6, 6.07) is 20.2. The van der Waals surface area contributed by atoms with Gasteiger partial charge < -0.3 is 10.2 Å². The van der Waals surface area contributed by atoms with Crippen LogP contribution in [0.25, 0.3) is 16.8 Å². The molecule has 0 amide bonds. The molecule has 0 fully saturated rings. The van der Waals surface area contributed by atoms with Crippen molar-refractivity contribution in [3.8, 4) is 28.3 Å². The van der Waals surface area contributed by atoms with Crippen molar-refractivity contribution in [1.82, 2.24) is 20.7 Å². The molecule has 1 aliphatic rings. The van der Waals surface area contributed by atoms with E-state index in [4.69, 9.17) is 16.3 Å². The van der Waals surface area contributed by atoms with E-state index >= 15 is 0 Å². The first-order valence-corrected chi connectivity index (χ1v) is 12.0. The van der Waals surface area contributed by atoms with Crippen LogP contribution in [0, 0.1) is 5.82 Å². The van der Waals surface area contributed by atoms with Crippen LogP contribution in [0.3, 0.4) is 0 Å². The fraction of sp³-hybridized carbons (Fsp3) is 0.0400. The summed E-state index contributed by atoms with van der Waals surface area (Å²) in [7, 11) is 0. The van der Waals surface area contributed by atoms with Crippen molar-refractivity contribution in [1.29, 1.82) is 0 Å². The number of hydrogen-bond acceptors (Lipinski definition) is 6. The summed E-state index contributed by atoms with van der Waals surface area (Å²) in [5.41, 5.74) is 9.12. The minimum Gasteiger partial charge on any atom is -0.449 e. The van der Waals surface area contributed by atoms with E-state index in [0.29, 0.717) is 27.5 Å². The highest BCUT2D eigenvalue weighted by atomic mass is 79.9. The van der Waals surface area contributed by atoms with Crippen LogP contribution in [0.1, 0.15) is 0 Å². The second-order valence-electron chi connectivity index (χ2n) is 7.58. The first-order valence-electron chi connectivity index (χ1n) is 10.5. The topological polar surface area (TPSA) is 71.4 Å². The van der Waals surface area contributed by atoms with Crippen molar-refractivity contribution in [2.24, 2.45) is 0 Å². The Labute approximate surface area is 213 Å². The minimum atomic E-state index is -0.449. The van der Waals surface area contributed by atoms with Crippen LogP contribution >= 0.6 is 27.5 Å². The van der Waals surface area contributed by atoms with E-state index in [1.807, 2.05) is 12.1 Å². The molecule has 3 aromatic carbocycles. The van der Waals surface area contributed by atoms with Gasteiger partial charge in [0.05, 0.1) is 17.6 Å². The second kappa shape index (κ2) is 9.91. The minimum absolute atomic E-state index is 0.0749. The maximum atomic E-state index is 13.5. The molecule has 35 heavy (non-hydrogen) atoms. The van der Waals surface area contributed by atoms with E-state index in [9.17, 15) is 9.18 Å². The van der Waals surface area contributed by atoms with Crippen LogP contribution in [0.4, 0.5) is 10.1 Å². The molecular weight excluding hydrogens is 537 g/mol. The third kappa shape index (κ3) is 4.93. The van der Waals surface area contributed by atoms with Crippen molar-refractivity contribution in [2.75, 3.05) is 10.3 Å². The number of hydrogen-bond donors (Lipinski definition) is 2. The highest BCUT2D eigenvalue weighted by Crippen LogP contribution is 2.31. The maximum absolute atomic E-state index is 13.5. The van der Waals surface area contributed by atoms with Crippen LogP contribution in [0.15, 0.2) is 95.7 Å². The van der Waals surface area contributed by atoms with Gasteiger partial charge in [-0.1, -0.05) is 51.8 Å². The Morgan fingerprint density at radius 2 is 1.63 bits per heavy atom. The zero-order valence-corrected chi connectivity index (χ0v) is 20.4. The van der Waals surface area contributed by atoms with Crippen molar-refractivity contribution < 1.29 is 9.13 Å². The molecule has 0 spiro atoms. The molecule has 0 radical (unpaired) electrons. The van der Waals surface area contributed by atoms with Gasteiger partial charge in [-0.15, -0.1) is 5.53 Å². The molecule has 0 atom stereocenters. The maximum Gasteiger partial charge on any atom is 0.316 e. The molecule has 0 saturated heterocycles. The van der Waals surface area contributed by atoms with E-state index < -0.39 is 5.56 Å². The van der Waals surface area contributed by atoms with Crippen LogP contribution in [0.2, 0.25) is 5.02 Å². The number of aromatic nitrogens is 2. The van der Waals surface area contributed by atoms with Crippen molar-refractivity contribution in [3.63, 3.8) is 0 Å². The van der Waals surface area contributed by atoms with Crippen LogP contribution in [-0.4, -0.2) is 15.1 Å². The molecule has 0 aliphatic carbocycles. The average Bonchev–Trinajstić information content (AvgIpc) is 3.36. The van der Waals surface area contributed by atoms with Gasteiger partial charge in [0.2, 0.25) is 5.75 Å². The van der Waals surface area contributed by atoms with E-state index in [0.717, 1.165) is 16.8 Å². The molecule has 7 nitrogen and oxygen atoms in total. The molecule has 5 rings (SSSR count). The third-order valence-corrected chi connectivity index (χ3v) is 6.12. The molecule has 10 heteroatoms. The lowest BCUT2D eigenvalue weighted by Gasteiger charge is -2.19. The average molecular weight is 555 g/mol. The Morgan fingerprint density at radius 3 is 2.26 bits per heavy atom. The first-order chi connectivity index (χ1) is 17.0. The standard InChI is InChI=1S/C25H18BrClFN5O2/c26-13-20-15-32(31-30-20)23-14-29-33(21-9-5-18(27)6-10-21)25(34)24(23)35-22-11-3-17(4-12-22)16-1-7-19(28)8-2-16/h1-12,14-15,30-31H,13H2. The van der Waals surface area contributed by atoms with Crippen molar-refractivity contribution in [2.45, 2.75) is 0 Å². The molecule has 4 aromatic rings. The largest absolute Gasteiger partial charge is 0.449 e. The molecule has 2 heterocycles. The number of nitrogens with zero attached hydrogens (tertiary/aromatic N) is 3. The van der Waals surface area contributed by atoms with E-state index in [-0.39, 0.29) is 11.6 Å². The van der Waals surface area contributed by atoms with Gasteiger partial charge in [0.25, 0.3) is 0 Å². The van der Waals surface area contributed by atoms with E-state index in [1.165, 1.54) is 16.8 Å². The van der Waals surface area contributed by atoms with E-state index in [2.05, 4.69) is 32.0 Å². The Kier molecular flexibility index (Phi) is 6.54. The molecule has 1 aromatic heterocycles. The summed E-state index contributed by atoms with van der Waals surface area (Å²) in [5, 5.41) is 7.10. The number of rotatable bonds is 6. The zero-order valence-electron chi connectivity index (χ0n) is 18.1. The molecule has 2 N–H and O–H groups in total. The number of halogens is 3. The highest BCUT2D eigenvalue weighted by Gasteiger charge is 2.22. The second-order valence-corrected chi connectivity index (χ2v) is 8.58. The summed E-state index contributed by atoms with van der Waals surface area (Å²) in [6.45, 7) is 0. The van der Waals surface area contributed by atoms with Gasteiger partial charge in [-0.05, 0) is 59.7 Å². The van der Waals surface area contributed by atoms with Gasteiger partial charge in [-0.3, -0.25) is 9.80 Å². The van der Waals surface area contributed by atoms with Crippen molar-refractivity contribution >= 4 is 33.2 Å². The summed E-state index contributed by atoms with van der Waals surface area (Å²) in [5.74, 6) is 0.240. The van der Waals surface area contributed by atoms with Gasteiger partial charge in [-0.2, -0.15) is 9.78 Å². The summed E-state index contributed by atoms with van der Waals surface area (Å²) >= 11 is 9.40. The predicted octanol–water partition coefficient (Wildman–Crippen LogP) is 5.55. The Morgan fingerprint density at radius 1 is 0.971 bits per heavy atom. The molecular formula is C25H18BrClFN5O2. The third-order valence-electron chi connectivity index (χ3n) is 5.26. The lowest BCUT2D eigenvalue weighted by atomic mass is 10.1. The van der Waals surface area contributed by atoms with Gasteiger partial charge in [0.1, 0.15) is 17.3 Å². The fourth-order valence-corrected chi connectivity index (χ4v) is 3.90. The van der Waals surface area contributed by atoms with Crippen LogP contribution in [-0.2, 0) is 0 Å². The molecule has 0 bridgehead atoms. The Bertz CT molecular complexity index is 1440. The Hall–Kier alpha value is -3.66. The number of ether oxygens (including phenoxy) is 1. The predicted molar refractivity (Wildman–Crippen MR) is 137 cm³/mol. The monoisotopic (exact) mass is 553 g/mol. The van der Waals surface area contributed by atoms with Crippen molar-refractivity contribution in [3.05, 3.63) is 112 Å². The quantitative estimate of drug-likeness (QED) is 0.305. The first kappa shape index (κ1) is 23.1. The number of benzene rings is 3. The normalized spacial score (nSPS) is 12.9. The number of hydrazine groups is 2. The zero-order chi connectivity index (χ0) is 24.4. The highest BCUT2D eigenvalue weighted by molar-refractivity contribution is 9.09. The Balaban J connectivity index is 1.53. The molecule has 0 saturated carbocycles. The number of nitrogens with one attached hydrogen (secondary N) is 2. The van der Waals surface area contributed by atoms with Gasteiger partial charge in [-0.25, -0.2) is 4.39 Å². The van der Waals surface area contributed by atoms with Crippen LogP contribution < -0.4 is 26.3 Å². The summed E-state index contributed by atoms with van der Waals surface area (Å²) in [4.78, 5) is 13.5. The van der Waals surface area contributed by atoms with E-state index in [1.54, 1.807) is 65.9 Å². The van der Waals surface area contributed by atoms with Gasteiger partial charge in [0, 0.05) is 16.6 Å². The van der Waals surface area contributed by atoms with Gasteiger partial charge >= 0.3 is 5.56 Å². The fourth-order valence-electron chi connectivity index (χ4n) is 3.49. The summed E-state index contributed by atoms with van der Waals surface area (Å²) < 4.78 is 20.6. The summed E-state index contributed by atoms with van der Waals surface area (Å²) in [6.07, 6.45) is 3.34. The number of allylic oxidation sites excluding steroid dienone is 1. The lowest BCUT2D eigenvalue weighted by molar-refractivity contribution is 0.465. The lowest BCUT2D eigenvalue weighted by Crippen LogP contribution is -2.38. The number of anilines is 1. The van der Waals surface area contributed by atoms with Gasteiger partial charge in [0.15, 0.2) is 0 Å². The smallest absolute Gasteiger partial charge is 0.316 e.